The van der Waals surface area contributed by atoms with Crippen molar-refractivity contribution in [3.8, 4) is 11.1 Å². The third-order valence-corrected chi connectivity index (χ3v) is 5.59. The van der Waals surface area contributed by atoms with Crippen molar-refractivity contribution in [1.82, 2.24) is 5.32 Å². The van der Waals surface area contributed by atoms with Gasteiger partial charge in [0.2, 0.25) is 0 Å². The van der Waals surface area contributed by atoms with Crippen molar-refractivity contribution in [2.45, 2.75) is 18.4 Å². The summed E-state index contributed by atoms with van der Waals surface area (Å²) in [7, 11) is 0. The fourth-order valence-corrected chi connectivity index (χ4v) is 4.14. The lowest BCUT2D eigenvalue weighted by atomic mass is 9.98. The number of halogens is 2. The van der Waals surface area contributed by atoms with Gasteiger partial charge >= 0.3 is 12.1 Å². The first kappa shape index (κ1) is 20.9. The van der Waals surface area contributed by atoms with Crippen LogP contribution in [0.4, 0.5) is 9.18 Å². The fourth-order valence-electron chi connectivity index (χ4n) is 3.98. The Morgan fingerprint density at radius 1 is 1.03 bits per heavy atom. The Hall–Kier alpha value is -3.38. The minimum absolute atomic E-state index is 0.0281. The van der Waals surface area contributed by atoms with Crippen molar-refractivity contribution >= 4 is 23.7 Å². The van der Waals surface area contributed by atoms with E-state index in [1.165, 1.54) is 12.1 Å². The normalized spacial score (nSPS) is 13.2. The molecule has 1 amide bonds. The summed E-state index contributed by atoms with van der Waals surface area (Å²) >= 11 is 5.77. The van der Waals surface area contributed by atoms with Crippen molar-refractivity contribution in [3.63, 3.8) is 0 Å². The highest BCUT2D eigenvalue weighted by Crippen LogP contribution is 2.44. The maximum Gasteiger partial charge on any atom is 0.407 e. The van der Waals surface area contributed by atoms with E-state index < -0.39 is 30.3 Å². The predicted molar refractivity (Wildman–Crippen MR) is 115 cm³/mol. The lowest BCUT2D eigenvalue weighted by molar-refractivity contribution is -0.137. The molecular weight excluding hydrogens is 421 g/mol. The third-order valence-electron chi connectivity index (χ3n) is 5.35. The summed E-state index contributed by atoms with van der Waals surface area (Å²) in [5.41, 5.74) is 4.34. The molecule has 31 heavy (non-hydrogen) atoms. The summed E-state index contributed by atoms with van der Waals surface area (Å²) in [6, 6.07) is 18.6. The Balaban J connectivity index is 1.50. The summed E-state index contributed by atoms with van der Waals surface area (Å²) in [6.45, 7) is 0.0722. The number of alkyl carbamates (subject to hydrolysis) is 1. The number of ether oxygens (including phenoxy) is 1. The van der Waals surface area contributed by atoms with Crippen molar-refractivity contribution in [2.75, 3.05) is 6.61 Å². The largest absolute Gasteiger partial charge is 0.481 e. The molecule has 1 aliphatic carbocycles. The summed E-state index contributed by atoms with van der Waals surface area (Å²) in [5.74, 6) is -2.01. The molecular formula is C24H19ClFNO4. The van der Waals surface area contributed by atoms with Crippen LogP contribution >= 0.6 is 11.6 Å². The van der Waals surface area contributed by atoms with Crippen LogP contribution in [-0.4, -0.2) is 23.8 Å². The average Bonchev–Trinajstić information content (AvgIpc) is 3.05. The molecule has 2 N–H and O–H groups in total. The van der Waals surface area contributed by atoms with Crippen molar-refractivity contribution in [3.05, 3.63) is 94.3 Å². The fraction of sp³-hybridized carbons (Fsp3) is 0.167. The van der Waals surface area contributed by atoms with Crippen LogP contribution in [0.2, 0.25) is 5.02 Å². The zero-order valence-electron chi connectivity index (χ0n) is 16.3. The molecule has 5 nitrogen and oxygen atoms in total. The second-order valence-corrected chi connectivity index (χ2v) is 7.72. The maximum atomic E-state index is 14.3. The maximum absolute atomic E-state index is 14.3. The summed E-state index contributed by atoms with van der Waals surface area (Å²) in [5, 5.41) is 11.8. The van der Waals surface area contributed by atoms with Crippen LogP contribution in [0, 0.1) is 5.82 Å². The van der Waals surface area contributed by atoms with Crippen molar-refractivity contribution in [2.24, 2.45) is 0 Å². The molecule has 0 fully saturated rings. The summed E-state index contributed by atoms with van der Waals surface area (Å²) in [4.78, 5) is 23.7. The van der Waals surface area contributed by atoms with Gasteiger partial charge in [-0.05, 0) is 34.4 Å². The molecule has 0 aliphatic heterocycles. The van der Waals surface area contributed by atoms with Crippen LogP contribution in [0.5, 0.6) is 0 Å². The number of carboxylic acids is 1. The quantitative estimate of drug-likeness (QED) is 0.529. The van der Waals surface area contributed by atoms with Gasteiger partial charge in [0, 0.05) is 16.5 Å². The summed E-state index contributed by atoms with van der Waals surface area (Å²) in [6.07, 6.45) is -1.31. The molecule has 3 aromatic rings. The van der Waals surface area contributed by atoms with E-state index in [9.17, 15) is 19.1 Å². The van der Waals surface area contributed by atoms with Gasteiger partial charge in [-0.25, -0.2) is 9.18 Å². The highest BCUT2D eigenvalue weighted by Gasteiger charge is 2.29. The van der Waals surface area contributed by atoms with E-state index in [-0.39, 0.29) is 23.1 Å². The predicted octanol–water partition coefficient (Wildman–Crippen LogP) is 5.53. The summed E-state index contributed by atoms with van der Waals surface area (Å²) < 4.78 is 19.7. The number of aliphatic carboxylic acids is 1. The molecule has 0 radical (unpaired) electrons. The average molecular weight is 440 g/mol. The van der Waals surface area contributed by atoms with Gasteiger partial charge in [0.15, 0.2) is 0 Å². The van der Waals surface area contributed by atoms with Gasteiger partial charge in [-0.3, -0.25) is 4.79 Å². The Kier molecular flexibility index (Phi) is 5.91. The molecule has 0 aromatic heterocycles. The molecule has 0 saturated heterocycles. The van der Waals surface area contributed by atoms with Gasteiger partial charge in [-0.1, -0.05) is 66.2 Å². The molecule has 1 atom stereocenters. The van der Waals surface area contributed by atoms with Crippen molar-refractivity contribution < 1.29 is 23.8 Å². The first-order chi connectivity index (χ1) is 14.9. The Bertz CT molecular complexity index is 1100. The van der Waals surface area contributed by atoms with E-state index in [1.54, 1.807) is 0 Å². The molecule has 158 valence electrons. The first-order valence-corrected chi connectivity index (χ1v) is 10.1. The number of hydrogen-bond acceptors (Lipinski definition) is 3. The van der Waals surface area contributed by atoms with E-state index >= 15 is 0 Å². The van der Waals surface area contributed by atoms with Crippen LogP contribution in [0.25, 0.3) is 11.1 Å². The number of rotatable bonds is 6. The second-order valence-electron chi connectivity index (χ2n) is 7.29. The van der Waals surface area contributed by atoms with Gasteiger partial charge in [0.1, 0.15) is 12.4 Å². The highest BCUT2D eigenvalue weighted by atomic mass is 35.5. The monoisotopic (exact) mass is 439 g/mol. The molecule has 1 aliphatic rings. The number of fused-ring (bicyclic) bond motifs is 3. The standard InChI is InChI=1S/C24H19ClFNO4/c25-14-9-10-19(21(26)11-14)22(12-23(28)29)27-24(30)31-13-20-17-7-3-1-5-15(17)16-6-2-4-8-18(16)20/h1-11,20,22H,12-13H2,(H,27,30)(H,28,29). The van der Waals surface area contributed by atoms with Gasteiger partial charge in [0.05, 0.1) is 12.5 Å². The molecule has 0 heterocycles. The van der Waals surface area contributed by atoms with Crippen LogP contribution in [0.15, 0.2) is 66.7 Å². The van der Waals surface area contributed by atoms with Crippen LogP contribution < -0.4 is 5.32 Å². The van der Waals surface area contributed by atoms with E-state index in [2.05, 4.69) is 5.32 Å². The number of amides is 1. The lowest BCUT2D eigenvalue weighted by Crippen LogP contribution is -2.32. The molecule has 3 aromatic carbocycles. The molecule has 0 bridgehead atoms. The van der Waals surface area contributed by atoms with Crippen LogP contribution in [0.1, 0.15) is 35.1 Å². The topological polar surface area (TPSA) is 75.6 Å². The smallest absolute Gasteiger partial charge is 0.407 e. The molecule has 1 unspecified atom stereocenters. The molecule has 4 rings (SSSR count). The van der Waals surface area contributed by atoms with E-state index in [0.29, 0.717) is 0 Å². The van der Waals surface area contributed by atoms with Crippen LogP contribution in [0.3, 0.4) is 0 Å². The number of benzene rings is 3. The van der Waals surface area contributed by atoms with Crippen molar-refractivity contribution in [1.29, 1.82) is 0 Å². The van der Waals surface area contributed by atoms with E-state index in [0.717, 1.165) is 28.3 Å². The number of carbonyl (C=O) groups is 2. The number of hydrogen-bond donors (Lipinski definition) is 2. The zero-order chi connectivity index (χ0) is 22.0. The third kappa shape index (κ3) is 4.39. The van der Waals surface area contributed by atoms with Gasteiger partial charge in [0.25, 0.3) is 0 Å². The second kappa shape index (κ2) is 8.78. The van der Waals surface area contributed by atoms with Crippen LogP contribution in [-0.2, 0) is 9.53 Å². The molecule has 0 spiro atoms. The first-order valence-electron chi connectivity index (χ1n) is 9.72. The van der Waals surface area contributed by atoms with Gasteiger partial charge in [-0.2, -0.15) is 0 Å². The Morgan fingerprint density at radius 3 is 2.23 bits per heavy atom. The van der Waals surface area contributed by atoms with E-state index in [1.807, 2.05) is 48.5 Å². The molecule has 0 saturated carbocycles. The SMILES string of the molecule is O=C(O)CC(NC(=O)OCC1c2ccccc2-c2ccccc21)c1ccc(Cl)cc1F. The highest BCUT2D eigenvalue weighted by molar-refractivity contribution is 6.30. The number of carboxylic acid groups (broad SMARTS) is 1. The molecule has 7 heteroatoms. The zero-order valence-corrected chi connectivity index (χ0v) is 17.1. The Labute approximate surface area is 183 Å². The van der Waals surface area contributed by atoms with Gasteiger partial charge in [-0.15, -0.1) is 0 Å². The number of nitrogens with one attached hydrogen (secondary N) is 1. The lowest BCUT2D eigenvalue weighted by Gasteiger charge is -2.19. The minimum atomic E-state index is -1.18. The Morgan fingerprint density at radius 2 is 1.65 bits per heavy atom. The van der Waals surface area contributed by atoms with Gasteiger partial charge < -0.3 is 15.2 Å². The van der Waals surface area contributed by atoms with E-state index in [4.69, 9.17) is 16.3 Å². The number of carbonyl (C=O) groups excluding carboxylic acids is 1. The minimum Gasteiger partial charge on any atom is -0.481 e.